The van der Waals surface area contributed by atoms with E-state index in [2.05, 4.69) is 16.4 Å². The first-order chi connectivity index (χ1) is 10.5. The highest BCUT2D eigenvalue weighted by Gasteiger charge is 2.28. The quantitative estimate of drug-likeness (QED) is 0.872. The van der Waals surface area contributed by atoms with E-state index in [1.165, 1.54) is 0 Å². The summed E-state index contributed by atoms with van der Waals surface area (Å²) >= 11 is 0. The van der Waals surface area contributed by atoms with Gasteiger partial charge in [-0.15, -0.1) is 0 Å². The smallest absolute Gasteiger partial charge is 0.230 e. The Hall–Kier alpha value is -2.81. The molecule has 112 valence electrons. The monoisotopic (exact) mass is 295 g/mol. The van der Waals surface area contributed by atoms with Crippen molar-refractivity contribution in [1.29, 1.82) is 5.26 Å². The highest BCUT2D eigenvalue weighted by atomic mass is 16.2. The molecular formula is C16H17N5O. The SMILES string of the molecule is CC(C)=C1NC(c2ccc3ncc(C#N)n3c2)CC(=O)N1C. The third-order valence-corrected chi connectivity index (χ3v) is 3.92. The Labute approximate surface area is 128 Å². The average molecular weight is 295 g/mol. The summed E-state index contributed by atoms with van der Waals surface area (Å²) in [6.45, 7) is 3.95. The van der Waals surface area contributed by atoms with Crippen LogP contribution in [0.25, 0.3) is 5.65 Å². The van der Waals surface area contributed by atoms with Gasteiger partial charge >= 0.3 is 0 Å². The molecule has 1 amide bonds. The molecule has 6 nitrogen and oxygen atoms in total. The van der Waals surface area contributed by atoms with Crippen LogP contribution in [0.5, 0.6) is 0 Å². The summed E-state index contributed by atoms with van der Waals surface area (Å²) in [6, 6.07) is 5.82. The molecular weight excluding hydrogens is 278 g/mol. The topological polar surface area (TPSA) is 73.4 Å². The van der Waals surface area contributed by atoms with Gasteiger partial charge in [-0.1, -0.05) is 6.07 Å². The fraction of sp³-hybridized carbons (Fsp3) is 0.312. The number of carbonyl (C=O) groups is 1. The second kappa shape index (κ2) is 5.19. The van der Waals surface area contributed by atoms with Crippen LogP contribution in [0.15, 0.2) is 35.9 Å². The van der Waals surface area contributed by atoms with Crippen molar-refractivity contribution in [3.8, 4) is 6.07 Å². The van der Waals surface area contributed by atoms with Gasteiger partial charge in [0.1, 0.15) is 23.2 Å². The minimum Gasteiger partial charge on any atom is -0.364 e. The molecule has 22 heavy (non-hydrogen) atoms. The van der Waals surface area contributed by atoms with E-state index < -0.39 is 0 Å². The number of nitrogens with one attached hydrogen (secondary N) is 1. The van der Waals surface area contributed by atoms with E-state index in [4.69, 9.17) is 5.26 Å². The lowest BCUT2D eigenvalue weighted by Gasteiger charge is -2.34. The van der Waals surface area contributed by atoms with Gasteiger partial charge in [0.2, 0.25) is 5.91 Å². The summed E-state index contributed by atoms with van der Waals surface area (Å²) in [5, 5.41) is 12.5. The van der Waals surface area contributed by atoms with Gasteiger partial charge in [-0.2, -0.15) is 5.26 Å². The maximum atomic E-state index is 12.2. The molecule has 1 aliphatic rings. The Morgan fingerprint density at radius 1 is 1.45 bits per heavy atom. The lowest BCUT2D eigenvalue weighted by atomic mass is 10.0. The Morgan fingerprint density at radius 3 is 2.91 bits per heavy atom. The van der Waals surface area contributed by atoms with Crippen molar-refractivity contribution in [3.05, 3.63) is 47.2 Å². The third kappa shape index (κ3) is 2.21. The lowest BCUT2D eigenvalue weighted by Crippen LogP contribution is -2.43. The minimum absolute atomic E-state index is 0.0752. The molecule has 1 fully saturated rings. The number of fused-ring (bicyclic) bond motifs is 1. The van der Waals surface area contributed by atoms with Crippen LogP contribution in [-0.2, 0) is 4.79 Å². The van der Waals surface area contributed by atoms with Gasteiger partial charge in [0.05, 0.1) is 18.7 Å². The Kier molecular flexibility index (Phi) is 3.33. The summed E-state index contributed by atoms with van der Waals surface area (Å²) in [5.41, 5.74) is 3.23. The van der Waals surface area contributed by atoms with Crippen molar-refractivity contribution in [1.82, 2.24) is 19.6 Å². The van der Waals surface area contributed by atoms with Crippen LogP contribution < -0.4 is 5.32 Å². The molecule has 0 aliphatic carbocycles. The van der Waals surface area contributed by atoms with Crippen LogP contribution >= 0.6 is 0 Å². The minimum atomic E-state index is -0.105. The number of amides is 1. The molecule has 1 unspecified atom stereocenters. The van der Waals surface area contributed by atoms with Crippen LogP contribution in [0, 0.1) is 11.3 Å². The Morgan fingerprint density at radius 2 is 2.23 bits per heavy atom. The number of allylic oxidation sites excluding steroid dienone is 1. The van der Waals surface area contributed by atoms with Crippen LogP contribution in [0.4, 0.5) is 0 Å². The Balaban J connectivity index is 2.02. The van der Waals surface area contributed by atoms with E-state index in [1.54, 1.807) is 22.5 Å². The fourth-order valence-corrected chi connectivity index (χ4v) is 2.72. The largest absolute Gasteiger partial charge is 0.364 e. The maximum absolute atomic E-state index is 12.2. The van der Waals surface area contributed by atoms with Crippen LogP contribution in [0.3, 0.4) is 0 Å². The second-order valence-electron chi connectivity index (χ2n) is 5.65. The molecule has 1 atom stereocenters. The molecule has 1 saturated heterocycles. The van der Waals surface area contributed by atoms with Gasteiger partial charge in [0.25, 0.3) is 0 Å². The van der Waals surface area contributed by atoms with Gasteiger partial charge in [-0.25, -0.2) is 4.98 Å². The number of nitrogens with zero attached hydrogens (tertiary/aromatic N) is 4. The molecule has 0 radical (unpaired) electrons. The zero-order valence-electron chi connectivity index (χ0n) is 12.8. The van der Waals surface area contributed by atoms with Crippen molar-refractivity contribution in [2.24, 2.45) is 0 Å². The van der Waals surface area contributed by atoms with E-state index in [1.807, 2.05) is 32.2 Å². The number of carbonyl (C=O) groups excluding carboxylic acids is 1. The van der Waals surface area contributed by atoms with E-state index in [-0.39, 0.29) is 11.9 Å². The van der Waals surface area contributed by atoms with Gasteiger partial charge in [0.15, 0.2) is 0 Å². The first-order valence-electron chi connectivity index (χ1n) is 7.09. The molecule has 0 bridgehead atoms. The van der Waals surface area contributed by atoms with Crippen molar-refractivity contribution < 1.29 is 4.79 Å². The third-order valence-electron chi connectivity index (χ3n) is 3.92. The van der Waals surface area contributed by atoms with Gasteiger partial charge in [0, 0.05) is 13.2 Å². The second-order valence-corrected chi connectivity index (χ2v) is 5.65. The molecule has 2 aromatic rings. The number of nitriles is 1. The van der Waals surface area contributed by atoms with Crippen molar-refractivity contribution in [2.45, 2.75) is 26.3 Å². The zero-order valence-corrected chi connectivity index (χ0v) is 12.8. The summed E-state index contributed by atoms with van der Waals surface area (Å²) in [4.78, 5) is 18.0. The highest BCUT2D eigenvalue weighted by molar-refractivity contribution is 5.80. The number of rotatable bonds is 1. The molecule has 1 N–H and O–H groups in total. The first-order valence-corrected chi connectivity index (χ1v) is 7.09. The molecule has 2 aromatic heterocycles. The maximum Gasteiger partial charge on any atom is 0.230 e. The summed E-state index contributed by atoms with van der Waals surface area (Å²) < 4.78 is 1.75. The molecule has 0 saturated carbocycles. The predicted molar refractivity (Wildman–Crippen MR) is 81.5 cm³/mol. The van der Waals surface area contributed by atoms with Crippen LogP contribution in [-0.4, -0.2) is 27.2 Å². The average Bonchev–Trinajstić information content (AvgIpc) is 2.91. The molecule has 6 heteroatoms. The first kappa shape index (κ1) is 14.1. The van der Waals surface area contributed by atoms with Gasteiger partial charge < -0.3 is 10.2 Å². The van der Waals surface area contributed by atoms with Crippen molar-refractivity contribution >= 4 is 11.6 Å². The van der Waals surface area contributed by atoms with Crippen LogP contribution in [0.2, 0.25) is 0 Å². The van der Waals surface area contributed by atoms with Crippen molar-refractivity contribution in [2.75, 3.05) is 7.05 Å². The summed E-state index contributed by atoms with van der Waals surface area (Å²) in [5.74, 6) is 0.915. The standard InChI is InChI=1S/C16H17N5O/c1-10(2)16-19-13(6-15(22)20(16)3)11-4-5-14-18-8-12(7-17)21(14)9-11/h4-5,8-9,13,19H,6H2,1-3H3. The highest BCUT2D eigenvalue weighted by Crippen LogP contribution is 2.26. The Bertz CT molecular complexity index is 823. The lowest BCUT2D eigenvalue weighted by molar-refractivity contribution is -0.130. The fourth-order valence-electron chi connectivity index (χ4n) is 2.72. The molecule has 0 spiro atoms. The summed E-state index contributed by atoms with van der Waals surface area (Å²) in [6.07, 6.45) is 3.81. The number of hydrogen-bond acceptors (Lipinski definition) is 4. The number of aromatic nitrogens is 2. The number of pyridine rings is 1. The number of imidazole rings is 1. The van der Waals surface area contributed by atoms with E-state index in [9.17, 15) is 4.79 Å². The summed E-state index contributed by atoms with van der Waals surface area (Å²) in [7, 11) is 1.78. The van der Waals surface area contributed by atoms with E-state index in [0.717, 1.165) is 22.6 Å². The zero-order chi connectivity index (χ0) is 15.9. The van der Waals surface area contributed by atoms with E-state index >= 15 is 0 Å². The van der Waals surface area contributed by atoms with E-state index in [0.29, 0.717) is 12.1 Å². The molecule has 3 heterocycles. The molecule has 1 aliphatic heterocycles. The number of hydrogen-bond donors (Lipinski definition) is 1. The normalized spacial score (nSPS) is 18.3. The predicted octanol–water partition coefficient (Wildman–Crippen LogP) is 1.95. The van der Waals surface area contributed by atoms with Crippen molar-refractivity contribution in [3.63, 3.8) is 0 Å². The molecule has 0 aromatic carbocycles. The van der Waals surface area contributed by atoms with Crippen LogP contribution in [0.1, 0.15) is 37.6 Å². The van der Waals surface area contributed by atoms with Gasteiger partial charge in [-0.05, 0) is 31.1 Å². The molecule has 3 rings (SSSR count). The van der Waals surface area contributed by atoms with Gasteiger partial charge in [-0.3, -0.25) is 9.20 Å².